The summed E-state index contributed by atoms with van der Waals surface area (Å²) in [5.74, 6) is 0. The number of halogens is 1. The zero-order valence-electron chi connectivity index (χ0n) is 10.1. The van der Waals surface area contributed by atoms with Gasteiger partial charge in [-0.05, 0) is 36.8 Å². The summed E-state index contributed by atoms with van der Waals surface area (Å²) < 4.78 is 4.59. The molecule has 2 heterocycles. The van der Waals surface area contributed by atoms with Crippen molar-refractivity contribution >= 4 is 34.9 Å². The molecule has 0 aliphatic heterocycles. The molecule has 2 aromatic heterocycles. The molecular weight excluding hydrogens is 282 g/mol. The molecule has 98 valence electrons. The number of H-pyrrole nitrogens is 1. The van der Waals surface area contributed by atoms with E-state index in [0.717, 1.165) is 35.3 Å². The van der Waals surface area contributed by atoms with Crippen LogP contribution in [0.15, 0.2) is 30.6 Å². The average Bonchev–Trinajstić information content (AvgIpc) is 2.99. The lowest BCUT2D eigenvalue weighted by Gasteiger charge is -2.04. The molecule has 3 aromatic rings. The molecule has 0 amide bonds. The van der Waals surface area contributed by atoms with E-state index in [2.05, 4.69) is 19.9 Å². The number of nitrogens with zero attached hydrogens (tertiary/aromatic N) is 4. The van der Waals surface area contributed by atoms with Gasteiger partial charge in [-0.2, -0.15) is 0 Å². The van der Waals surface area contributed by atoms with Gasteiger partial charge in [-0.1, -0.05) is 16.8 Å². The lowest BCUT2D eigenvalue weighted by Crippen LogP contribution is -2.04. The van der Waals surface area contributed by atoms with E-state index in [0.29, 0.717) is 5.02 Å². The number of aromatic amines is 1. The number of hydrogen-bond acceptors (Lipinski definition) is 3. The van der Waals surface area contributed by atoms with Gasteiger partial charge in [0.15, 0.2) is 4.77 Å². The summed E-state index contributed by atoms with van der Waals surface area (Å²) in [5.41, 5.74) is 2.05. The first-order chi connectivity index (χ1) is 9.24. The molecule has 0 bridgehead atoms. The summed E-state index contributed by atoms with van der Waals surface area (Å²) in [6.45, 7) is 1.63. The average molecular weight is 294 g/mol. The molecule has 0 atom stereocenters. The van der Waals surface area contributed by atoms with Gasteiger partial charge in [0.1, 0.15) is 0 Å². The van der Waals surface area contributed by atoms with Gasteiger partial charge in [0.25, 0.3) is 0 Å². The second kappa shape index (κ2) is 5.14. The maximum Gasteiger partial charge on any atom is 0.178 e. The fraction of sp³-hybridized carbons (Fsp3) is 0.250. The number of hydrogen-bond donors (Lipinski definition) is 1. The minimum absolute atomic E-state index is 0.714. The first-order valence-corrected chi connectivity index (χ1v) is 6.75. The van der Waals surface area contributed by atoms with Crippen molar-refractivity contribution in [3.05, 3.63) is 40.4 Å². The molecule has 19 heavy (non-hydrogen) atoms. The standard InChI is InChI=1S/C12H12ClN5S/c13-9-2-3-10-11(8-9)18(12(19)15-10)6-1-5-17-7-4-14-16-17/h2-4,7-8H,1,5-6H2,(H,15,19). The first kappa shape index (κ1) is 12.4. The molecule has 0 saturated heterocycles. The molecule has 0 aliphatic carbocycles. The maximum atomic E-state index is 6.03. The molecule has 3 rings (SSSR count). The Morgan fingerprint density at radius 2 is 2.21 bits per heavy atom. The highest BCUT2D eigenvalue weighted by atomic mass is 35.5. The number of benzene rings is 1. The highest BCUT2D eigenvalue weighted by Crippen LogP contribution is 2.19. The number of aromatic nitrogens is 5. The van der Waals surface area contributed by atoms with Crippen molar-refractivity contribution in [1.82, 2.24) is 24.5 Å². The Labute approximate surface area is 119 Å². The van der Waals surface area contributed by atoms with Crippen LogP contribution < -0.4 is 0 Å². The summed E-state index contributed by atoms with van der Waals surface area (Å²) in [5, 5.41) is 8.43. The molecule has 7 heteroatoms. The third kappa shape index (κ3) is 2.54. The van der Waals surface area contributed by atoms with Crippen molar-refractivity contribution in [3.8, 4) is 0 Å². The van der Waals surface area contributed by atoms with Crippen LogP contribution in [-0.4, -0.2) is 24.5 Å². The van der Waals surface area contributed by atoms with E-state index in [-0.39, 0.29) is 0 Å². The van der Waals surface area contributed by atoms with Gasteiger partial charge in [-0.25, -0.2) is 0 Å². The van der Waals surface area contributed by atoms with E-state index >= 15 is 0 Å². The lowest BCUT2D eigenvalue weighted by atomic mass is 10.3. The molecule has 0 fully saturated rings. The number of rotatable bonds is 4. The van der Waals surface area contributed by atoms with Crippen LogP contribution in [0.3, 0.4) is 0 Å². The van der Waals surface area contributed by atoms with Crippen molar-refractivity contribution < 1.29 is 0 Å². The largest absolute Gasteiger partial charge is 0.331 e. The molecule has 0 saturated carbocycles. The quantitative estimate of drug-likeness (QED) is 0.752. The van der Waals surface area contributed by atoms with Gasteiger partial charge < -0.3 is 9.55 Å². The van der Waals surface area contributed by atoms with Crippen LogP contribution >= 0.6 is 23.8 Å². The van der Waals surface area contributed by atoms with Crippen LogP contribution in [0.2, 0.25) is 5.02 Å². The Kier molecular flexibility index (Phi) is 3.35. The summed E-state index contributed by atoms with van der Waals surface area (Å²) >= 11 is 11.4. The van der Waals surface area contributed by atoms with Crippen LogP contribution in [0, 0.1) is 4.77 Å². The summed E-state index contributed by atoms with van der Waals surface area (Å²) in [6, 6.07) is 5.73. The minimum atomic E-state index is 0.714. The van der Waals surface area contributed by atoms with E-state index < -0.39 is 0 Å². The van der Waals surface area contributed by atoms with E-state index in [9.17, 15) is 0 Å². The molecular formula is C12H12ClN5S. The molecule has 0 unspecified atom stereocenters. The molecule has 0 spiro atoms. The second-order valence-corrected chi connectivity index (χ2v) is 5.09. The topological polar surface area (TPSA) is 51.4 Å². The fourth-order valence-corrected chi connectivity index (χ4v) is 2.56. The maximum absolute atomic E-state index is 6.03. The second-order valence-electron chi connectivity index (χ2n) is 4.26. The first-order valence-electron chi connectivity index (χ1n) is 5.96. The van der Waals surface area contributed by atoms with Gasteiger partial charge in [-0.15, -0.1) is 5.10 Å². The van der Waals surface area contributed by atoms with Crippen LogP contribution in [0.5, 0.6) is 0 Å². The zero-order valence-corrected chi connectivity index (χ0v) is 11.7. The summed E-state index contributed by atoms with van der Waals surface area (Å²) in [4.78, 5) is 3.18. The van der Waals surface area contributed by atoms with E-state index in [1.54, 1.807) is 6.20 Å². The monoisotopic (exact) mass is 293 g/mol. The molecule has 0 radical (unpaired) electrons. The molecule has 1 aromatic carbocycles. The predicted molar refractivity (Wildman–Crippen MR) is 76.8 cm³/mol. The number of aryl methyl sites for hydroxylation is 2. The minimum Gasteiger partial charge on any atom is -0.331 e. The highest BCUT2D eigenvalue weighted by molar-refractivity contribution is 7.71. The number of fused-ring (bicyclic) bond motifs is 1. The van der Waals surface area contributed by atoms with Gasteiger partial charge in [0.2, 0.25) is 0 Å². The number of nitrogens with one attached hydrogen (secondary N) is 1. The van der Waals surface area contributed by atoms with Crippen molar-refractivity contribution in [2.45, 2.75) is 19.5 Å². The SMILES string of the molecule is S=c1[nH]c2ccc(Cl)cc2n1CCCn1ccnn1. The predicted octanol–water partition coefficient (Wildman–Crippen LogP) is 3.03. The third-order valence-corrected chi connectivity index (χ3v) is 3.54. The summed E-state index contributed by atoms with van der Waals surface area (Å²) in [6.07, 6.45) is 4.46. The highest BCUT2D eigenvalue weighted by Gasteiger charge is 2.05. The van der Waals surface area contributed by atoms with E-state index in [1.165, 1.54) is 0 Å². The van der Waals surface area contributed by atoms with Gasteiger partial charge in [0, 0.05) is 24.3 Å². The van der Waals surface area contributed by atoms with Crippen LogP contribution in [-0.2, 0) is 13.1 Å². The Balaban J connectivity index is 1.82. The van der Waals surface area contributed by atoms with Gasteiger partial charge in [0.05, 0.1) is 17.2 Å². The van der Waals surface area contributed by atoms with Crippen molar-refractivity contribution in [2.75, 3.05) is 0 Å². The smallest absolute Gasteiger partial charge is 0.178 e. The number of imidazole rings is 1. The third-order valence-electron chi connectivity index (χ3n) is 2.98. The molecule has 5 nitrogen and oxygen atoms in total. The van der Waals surface area contributed by atoms with Gasteiger partial charge >= 0.3 is 0 Å². The molecule has 0 aliphatic rings. The van der Waals surface area contributed by atoms with E-state index in [1.807, 2.05) is 29.1 Å². The summed E-state index contributed by atoms with van der Waals surface area (Å²) in [7, 11) is 0. The molecule has 1 N–H and O–H groups in total. The lowest BCUT2D eigenvalue weighted by molar-refractivity contribution is 0.517. The normalized spacial score (nSPS) is 11.2. The van der Waals surface area contributed by atoms with Crippen LogP contribution in [0.25, 0.3) is 11.0 Å². The van der Waals surface area contributed by atoms with Crippen LogP contribution in [0.4, 0.5) is 0 Å². The Morgan fingerprint density at radius 1 is 1.32 bits per heavy atom. The Bertz CT molecular complexity index is 743. The van der Waals surface area contributed by atoms with E-state index in [4.69, 9.17) is 23.8 Å². The van der Waals surface area contributed by atoms with Crippen molar-refractivity contribution in [3.63, 3.8) is 0 Å². The van der Waals surface area contributed by atoms with Gasteiger partial charge in [-0.3, -0.25) is 4.68 Å². The van der Waals surface area contributed by atoms with Crippen molar-refractivity contribution in [2.24, 2.45) is 0 Å². The Hall–Kier alpha value is -1.66. The van der Waals surface area contributed by atoms with Crippen LogP contribution in [0.1, 0.15) is 6.42 Å². The van der Waals surface area contributed by atoms with Crippen molar-refractivity contribution in [1.29, 1.82) is 0 Å². The Morgan fingerprint density at radius 3 is 3.00 bits per heavy atom. The fourth-order valence-electron chi connectivity index (χ4n) is 2.09. The zero-order chi connectivity index (χ0) is 13.2.